The molecule has 0 aliphatic carbocycles. The van der Waals surface area contributed by atoms with E-state index in [2.05, 4.69) is 4.72 Å². The van der Waals surface area contributed by atoms with E-state index in [9.17, 15) is 18.3 Å². The summed E-state index contributed by atoms with van der Waals surface area (Å²) in [7, 11) is -3.89. The molecular formula is C14H19NO5S. The second-order valence-corrected chi connectivity index (χ2v) is 7.04. The fourth-order valence-electron chi connectivity index (χ4n) is 2.39. The molecule has 0 aromatic heterocycles. The van der Waals surface area contributed by atoms with Crippen LogP contribution in [-0.2, 0) is 21.2 Å². The number of rotatable bonds is 6. The number of fused-ring (bicyclic) bond motifs is 1. The van der Waals surface area contributed by atoms with Crippen LogP contribution in [0.2, 0.25) is 0 Å². The third kappa shape index (κ3) is 3.19. The molecule has 0 saturated carbocycles. The van der Waals surface area contributed by atoms with Gasteiger partial charge in [-0.05, 0) is 37.1 Å². The summed E-state index contributed by atoms with van der Waals surface area (Å²) < 4.78 is 32.5. The number of benzene rings is 1. The predicted octanol–water partition coefficient (Wildman–Crippen LogP) is 1.54. The predicted molar refractivity (Wildman–Crippen MR) is 76.9 cm³/mol. The first-order valence-electron chi connectivity index (χ1n) is 6.81. The molecule has 1 aliphatic heterocycles. The van der Waals surface area contributed by atoms with E-state index < -0.39 is 21.5 Å². The Labute approximate surface area is 124 Å². The lowest BCUT2D eigenvalue weighted by Crippen LogP contribution is -2.51. The summed E-state index contributed by atoms with van der Waals surface area (Å²) in [6.45, 7) is 3.73. The van der Waals surface area contributed by atoms with Crippen molar-refractivity contribution < 1.29 is 23.1 Å². The molecule has 0 amide bonds. The van der Waals surface area contributed by atoms with Crippen molar-refractivity contribution in [2.75, 3.05) is 6.61 Å². The van der Waals surface area contributed by atoms with Gasteiger partial charge in [-0.1, -0.05) is 13.3 Å². The van der Waals surface area contributed by atoms with Crippen LogP contribution in [0.4, 0.5) is 0 Å². The van der Waals surface area contributed by atoms with Gasteiger partial charge in [0.05, 0.1) is 11.5 Å². The van der Waals surface area contributed by atoms with E-state index in [4.69, 9.17) is 4.74 Å². The van der Waals surface area contributed by atoms with E-state index in [1.165, 1.54) is 13.0 Å². The molecule has 0 bridgehead atoms. The molecule has 1 atom stereocenters. The fraction of sp³-hybridized carbons (Fsp3) is 0.500. The molecule has 1 aliphatic rings. The molecule has 0 spiro atoms. The number of aliphatic carboxylic acids is 1. The van der Waals surface area contributed by atoms with Gasteiger partial charge in [0.25, 0.3) is 0 Å². The van der Waals surface area contributed by atoms with E-state index in [-0.39, 0.29) is 11.3 Å². The summed E-state index contributed by atoms with van der Waals surface area (Å²) in [5.41, 5.74) is -0.686. The molecule has 116 valence electrons. The molecule has 1 heterocycles. The van der Waals surface area contributed by atoms with Crippen LogP contribution in [0, 0.1) is 0 Å². The van der Waals surface area contributed by atoms with Crippen molar-refractivity contribution in [1.29, 1.82) is 0 Å². The second kappa shape index (κ2) is 5.65. The molecule has 1 aromatic carbocycles. The number of hydrogen-bond acceptors (Lipinski definition) is 4. The Morgan fingerprint density at radius 2 is 2.19 bits per heavy atom. The summed E-state index contributed by atoms with van der Waals surface area (Å²) in [4.78, 5) is 11.4. The van der Waals surface area contributed by atoms with Gasteiger partial charge in [0.15, 0.2) is 0 Å². The third-order valence-electron chi connectivity index (χ3n) is 3.55. The van der Waals surface area contributed by atoms with Gasteiger partial charge in [0, 0.05) is 6.42 Å². The Bertz CT molecular complexity index is 655. The Kier molecular flexibility index (Phi) is 4.25. The quantitative estimate of drug-likeness (QED) is 0.831. The molecule has 0 radical (unpaired) electrons. The van der Waals surface area contributed by atoms with Crippen LogP contribution in [0.3, 0.4) is 0 Å². The number of sulfonamides is 1. The largest absolute Gasteiger partial charge is 0.493 e. The van der Waals surface area contributed by atoms with Crippen molar-refractivity contribution >= 4 is 16.0 Å². The minimum absolute atomic E-state index is 0.0651. The maximum atomic E-state index is 12.4. The van der Waals surface area contributed by atoms with E-state index >= 15 is 0 Å². The third-order valence-corrected chi connectivity index (χ3v) is 5.15. The molecule has 0 unspecified atom stereocenters. The summed E-state index contributed by atoms with van der Waals surface area (Å²) in [5.74, 6) is -0.499. The van der Waals surface area contributed by atoms with Crippen LogP contribution >= 0.6 is 0 Å². The average Bonchev–Trinajstić information content (AvgIpc) is 2.85. The molecule has 7 heteroatoms. The number of carboxylic acids is 1. The summed E-state index contributed by atoms with van der Waals surface area (Å²) >= 11 is 0. The van der Waals surface area contributed by atoms with Crippen molar-refractivity contribution in [3.63, 3.8) is 0 Å². The van der Waals surface area contributed by atoms with Gasteiger partial charge in [0.1, 0.15) is 11.3 Å². The van der Waals surface area contributed by atoms with Crippen LogP contribution in [-0.4, -0.2) is 31.6 Å². The van der Waals surface area contributed by atoms with Crippen molar-refractivity contribution in [2.45, 2.75) is 43.5 Å². The van der Waals surface area contributed by atoms with Gasteiger partial charge in [-0.3, -0.25) is 4.79 Å². The van der Waals surface area contributed by atoms with Crippen molar-refractivity contribution in [3.8, 4) is 5.75 Å². The standard InChI is InChI=1S/C14H19NO5S/c1-3-7-14(2,13(16)17)15-21(18,19)11-4-5-12-10(9-11)6-8-20-12/h4-5,9,15H,3,6-8H2,1-2H3,(H,16,17)/t14-/m1/s1. The van der Waals surface area contributed by atoms with Crippen molar-refractivity contribution in [3.05, 3.63) is 23.8 Å². The fourth-order valence-corrected chi connectivity index (χ4v) is 3.83. The van der Waals surface area contributed by atoms with Gasteiger partial charge in [-0.15, -0.1) is 0 Å². The Morgan fingerprint density at radius 1 is 1.48 bits per heavy atom. The van der Waals surface area contributed by atoms with Crippen LogP contribution in [0.5, 0.6) is 5.75 Å². The number of carboxylic acid groups (broad SMARTS) is 1. The van der Waals surface area contributed by atoms with Gasteiger partial charge in [0.2, 0.25) is 10.0 Å². The molecule has 1 aromatic rings. The highest BCUT2D eigenvalue weighted by atomic mass is 32.2. The lowest BCUT2D eigenvalue weighted by atomic mass is 9.98. The minimum Gasteiger partial charge on any atom is -0.493 e. The van der Waals surface area contributed by atoms with E-state index in [1.807, 2.05) is 6.92 Å². The Hall–Kier alpha value is -1.60. The van der Waals surface area contributed by atoms with E-state index in [0.29, 0.717) is 25.2 Å². The lowest BCUT2D eigenvalue weighted by Gasteiger charge is -2.25. The monoisotopic (exact) mass is 313 g/mol. The van der Waals surface area contributed by atoms with Gasteiger partial charge < -0.3 is 9.84 Å². The summed E-state index contributed by atoms with van der Waals surface area (Å²) in [5, 5.41) is 9.28. The van der Waals surface area contributed by atoms with Gasteiger partial charge in [-0.25, -0.2) is 8.42 Å². The van der Waals surface area contributed by atoms with Crippen LogP contribution in [0.1, 0.15) is 32.3 Å². The van der Waals surface area contributed by atoms with E-state index in [1.54, 1.807) is 12.1 Å². The smallest absolute Gasteiger partial charge is 0.324 e. The molecule has 2 N–H and O–H groups in total. The summed E-state index contributed by atoms with van der Waals surface area (Å²) in [6.07, 6.45) is 1.43. The minimum atomic E-state index is -3.89. The van der Waals surface area contributed by atoms with Gasteiger partial charge >= 0.3 is 5.97 Å². The maximum absolute atomic E-state index is 12.4. The number of ether oxygens (including phenoxy) is 1. The average molecular weight is 313 g/mol. The van der Waals surface area contributed by atoms with Crippen LogP contribution < -0.4 is 9.46 Å². The highest BCUT2D eigenvalue weighted by Gasteiger charge is 2.37. The van der Waals surface area contributed by atoms with E-state index in [0.717, 1.165) is 5.56 Å². The number of hydrogen-bond donors (Lipinski definition) is 2. The molecule has 0 saturated heterocycles. The zero-order valence-electron chi connectivity index (χ0n) is 12.0. The Morgan fingerprint density at radius 3 is 2.81 bits per heavy atom. The van der Waals surface area contributed by atoms with Crippen molar-refractivity contribution in [2.24, 2.45) is 0 Å². The van der Waals surface area contributed by atoms with Crippen molar-refractivity contribution in [1.82, 2.24) is 4.72 Å². The molecule has 6 nitrogen and oxygen atoms in total. The summed E-state index contributed by atoms with van der Waals surface area (Å²) in [6, 6.07) is 4.58. The Balaban J connectivity index is 2.31. The van der Waals surface area contributed by atoms with Crippen LogP contribution in [0.15, 0.2) is 23.1 Å². The lowest BCUT2D eigenvalue weighted by molar-refractivity contribution is -0.143. The zero-order valence-corrected chi connectivity index (χ0v) is 12.9. The number of nitrogens with one attached hydrogen (secondary N) is 1. The normalized spacial score (nSPS) is 16.9. The SMILES string of the molecule is CCC[C@@](C)(NS(=O)(=O)c1ccc2c(c1)CCO2)C(=O)O. The topological polar surface area (TPSA) is 92.7 Å². The molecule has 0 fully saturated rings. The second-order valence-electron chi connectivity index (χ2n) is 5.36. The highest BCUT2D eigenvalue weighted by Crippen LogP contribution is 2.28. The molecule has 2 rings (SSSR count). The highest BCUT2D eigenvalue weighted by molar-refractivity contribution is 7.89. The molecular weight excluding hydrogens is 294 g/mol. The zero-order chi connectivity index (χ0) is 15.7. The molecule has 21 heavy (non-hydrogen) atoms. The number of carbonyl (C=O) groups is 1. The first kappa shape index (κ1) is 15.8. The maximum Gasteiger partial charge on any atom is 0.324 e. The first-order valence-corrected chi connectivity index (χ1v) is 8.30. The van der Waals surface area contributed by atoms with Gasteiger partial charge in [-0.2, -0.15) is 4.72 Å². The first-order chi connectivity index (χ1) is 9.78. The van der Waals surface area contributed by atoms with Crippen LogP contribution in [0.25, 0.3) is 0 Å².